The number of benzene rings is 1. The highest BCUT2D eigenvalue weighted by molar-refractivity contribution is 5.98. The van der Waals surface area contributed by atoms with Crippen molar-refractivity contribution in [2.45, 2.75) is 13.0 Å². The van der Waals surface area contributed by atoms with Gasteiger partial charge in [0.1, 0.15) is 0 Å². The molecule has 0 bridgehead atoms. The number of nitrogens with two attached hydrogens (primary N) is 1. The molecule has 2 rings (SSSR count). The van der Waals surface area contributed by atoms with E-state index in [0.717, 1.165) is 56.8 Å². The highest BCUT2D eigenvalue weighted by Crippen LogP contribution is 2.13. The van der Waals surface area contributed by atoms with Gasteiger partial charge in [0.15, 0.2) is 5.84 Å². The van der Waals surface area contributed by atoms with Crippen LogP contribution in [0.25, 0.3) is 0 Å². The summed E-state index contributed by atoms with van der Waals surface area (Å²) in [6.07, 6.45) is 1.09. The maximum absolute atomic E-state index is 9.03. The van der Waals surface area contributed by atoms with E-state index in [-0.39, 0.29) is 12.4 Å². The molecule has 1 fully saturated rings. The van der Waals surface area contributed by atoms with Crippen LogP contribution in [0.2, 0.25) is 0 Å². The molecule has 1 saturated heterocycles. The highest BCUT2D eigenvalue weighted by atomic mass is 16.4. The number of oxime groups is 1. The molecule has 6 nitrogen and oxygen atoms in total. The molecule has 0 radical (unpaired) electrons. The first-order valence-corrected chi connectivity index (χ1v) is 7.36. The summed E-state index contributed by atoms with van der Waals surface area (Å²) in [5.74, 6) is 0.155. The van der Waals surface area contributed by atoms with Crippen molar-refractivity contribution in [2.24, 2.45) is 10.9 Å². The minimum Gasteiger partial charge on any atom is -0.409 e. The molecular weight excluding hydrogens is 268 g/mol. The summed E-state index contributed by atoms with van der Waals surface area (Å²) < 4.78 is 0. The number of aliphatic hydroxyl groups is 1. The zero-order valence-corrected chi connectivity index (χ0v) is 12.3. The quantitative estimate of drug-likeness (QED) is 0.314. The van der Waals surface area contributed by atoms with Crippen LogP contribution in [0.3, 0.4) is 0 Å². The van der Waals surface area contributed by atoms with Crippen molar-refractivity contribution >= 4 is 5.84 Å². The molecule has 1 aromatic rings. The van der Waals surface area contributed by atoms with Crippen molar-refractivity contribution in [2.75, 3.05) is 39.3 Å². The second-order valence-electron chi connectivity index (χ2n) is 5.34. The molecule has 0 aromatic heterocycles. The van der Waals surface area contributed by atoms with Crippen molar-refractivity contribution in [3.63, 3.8) is 0 Å². The molecule has 0 spiro atoms. The molecule has 1 heterocycles. The van der Waals surface area contributed by atoms with Crippen molar-refractivity contribution in [3.8, 4) is 0 Å². The molecule has 1 aromatic carbocycles. The van der Waals surface area contributed by atoms with Gasteiger partial charge in [0, 0.05) is 31.7 Å². The minimum absolute atomic E-state index is 0.155. The fraction of sp³-hybridized carbons (Fsp3) is 0.533. The van der Waals surface area contributed by atoms with E-state index < -0.39 is 0 Å². The van der Waals surface area contributed by atoms with Gasteiger partial charge in [-0.1, -0.05) is 29.4 Å². The molecule has 1 aliphatic rings. The lowest BCUT2D eigenvalue weighted by molar-refractivity contribution is 0.196. The van der Waals surface area contributed by atoms with Crippen LogP contribution in [0.1, 0.15) is 17.5 Å². The monoisotopic (exact) mass is 292 g/mol. The van der Waals surface area contributed by atoms with Crippen LogP contribution in [-0.4, -0.2) is 65.3 Å². The van der Waals surface area contributed by atoms with Crippen LogP contribution in [0.4, 0.5) is 0 Å². The van der Waals surface area contributed by atoms with E-state index in [0.29, 0.717) is 0 Å². The lowest BCUT2D eigenvalue weighted by Gasteiger charge is -2.22. The molecule has 1 aliphatic heterocycles. The Labute approximate surface area is 125 Å². The van der Waals surface area contributed by atoms with Gasteiger partial charge in [0.05, 0.1) is 6.61 Å². The summed E-state index contributed by atoms with van der Waals surface area (Å²) in [6, 6.07) is 7.76. The van der Waals surface area contributed by atoms with E-state index in [1.807, 2.05) is 24.3 Å². The third-order valence-corrected chi connectivity index (χ3v) is 3.89. The van der Waals surface area contributed by atoms with E-state index in [1.54, 1.807) is 0 Å². The molecule has 0 saturated carbocycles. The predicted molar refractivity (Wildman–Crippen MR) is 82.4 cm³/mol. The van der Waals surface area contributed by atoms with Gasteiger partial charge in [-0.15, -0.1) is 0 Å². The number of nitrogens with zero attached hydrogens (tertiary/aromatic N) is 3. The largest absolute Gasteiger partial charge is 0.409 e. The van der Waals surface area contributed by atoms with E-state index in [9.17, 15) is 0 Å². The Hall–Kier alpha value is -1.63. The Balaban J connectivity index is 2.02. The van der Waals surface area contributed by atoms with E-state index in [2.05, 4.69) is 15.0 Å². The Morgan fingerprint density at radius 2 is 1.86 bits per heavy atom. The molecule has 0 unspecified atom stereocenters. The van der Waals surface area contributed by atoms with E-state index in [1.165, 1.54) is 0 Å². The summed E-state index contributed by atoms with van der Waals surface area (Å²) in [5.41, 5.74) is 7.60. The van der Waals surface area contributed by atoms with Crippen molar-refractivity contribution in [1.29, 1.82) is 0 Å². The molecule has 6 heteroatoms. The lowest BCUT2D eigenvalue weighted by atomic mass is 10.1. The van der Waals surface area contributed by atoms with Crippen molar-refractivity contribution < 1.29 is 10.3 Å². The molecule has 0 atom stereocenters. The molecule has 0 amide bonds. The van der Waals surface area contributed by atoms with Crippen molar-refractivity contribution in [1.82, 2.24) is 9.80 Å². The van der Waals surface area contributed by atoms with Gasteiger partial charge in [0.25, 0.3) is 0 Å². The van der Waals surface area contributed by atoms with Crippen LogP contribution in [0.15, 0.2) is 29.4 Å². The number of hydrogen-bond donors (Lipinski definition) is 3. The summed E-state index contributed by atoms with van der Waals surface area (Å²) in [5, 5.41) is 21.0. The second kappa shape index (κ2) is 7.97. The first-order chi connectivity index (χ1) is 10.2. The summed E-state index contributed by atoms with van der Waals surface area (Å²) >= 11 is 0. The lowest BCUT2D eigenvalue weighted by Crippen LogP contribution is -2.32. The predicted octanol–water partition coefficient (Wildman–Crippen LogP) is 0.281. The summed E-state index contributed by atoms with van der Waals surface area (Å²) in [4.78, 5) is 4.66. The van der Waals surface area contributed by atoms with E-state index in [4.69, 9.17) is 16.0 Å². The molecule has 4 N–H and O–H groups in total. The Morgan fingerprint density at radius 1 is 1.14 bits per heavy atom. The highest BCUT2D eigenvalue weighted by Gasteiger charge is 2.16. The minimum atomic E-state index is 0.155. The van der Waals surface area contributed by atoms with Gasteiger partial charge in [-0.25, -0.2) is 0 Å². The zero-order valence-electron chi connectivity index (χ0n) is 12.3. The number of hydrogen-bond acceptors (Lipinski definition) is 5. The third kappa shape index (κ3) is 4.42. The van der Waals surface area contributed by atoms with Gasteiger partial charge >= 0.3 is 0 Å². The SMILES string of the molecule is N/C(=N/O)c1ccccc1CN1CCCN(CCO)CC1. The number of aliphatic hydroxyl groups excluding tert-OH is 1. The van der Waals surface area contributed by atoms with Gasteiger partial charge in [-0.2, -0.15) is 0 Å². The first kappa shape index (κ1) is 15.8. The molecule has 21 heavy (non-hydrogen) atoms. The third-order valence-electron chi connectivity index (χ3n) is 3.89. The number of rotatable bonds is 5. The Kier molecular flexibility index (Phi) is 5.98. The zero-order chi connectivity index (χ0) is 15.1. The van der Waals surface area contributed by atoms with E-state index >= 15 is 0 Å². The average molecular weight is 292 g/mol. The van der Waals surface area contributed by atoms with Crippen LogP contribution < -0.4 is 5.73 Å². The maximum Gasteiger partial charge on any atom is 0.170 e. The van der Waals surface area contributed by atoms with Gasteiger partial charge in [-0.3, -0.25) is 9.80 Å². The average Bonchev–Trinajstić information content (AvgIpc) is 2.73. The Bertz CT molecular complexity index is 478. The van der Waals surface area contributed by atoms with Gasteiger partial charge < -0.3 is 16.0 Å². The fourth-order valence-corrected chi connectivity index (χ4v) is 2.75. The normalized spacial score (nSPS) is 18.6. The summed E-state index contributed by atoms with van der Waals surface area (Å²) in [7, 11) is 0. The molecule has 0 aliphatic carbocycles. The maximum atomic E-state index is 9.03. The molecular formula is C15H24N4O2. The van der Waals surface area contributed by atoms with Crippen LogP contribution in [0, 0.1) is 0 Å². The van der Waals surface area contributed by atoms with Gasteiger partial charge in [-0.05, 0) is 25.1 Å². The standard InChI is InChI=1S/C15H24N4O2/c16-15(17-21)14-5-2-1-4-13(14)12-19-7-3-6-18(8-9-19)10-11-20/h1-2,4-5,20-21H,3,6-12H2,(H2,16,17). The Morgan fingerprint density at radius 3 is 2.62 bits per heavy atom. The first-order valence-electron chi connectivity index (χ1n) is 7.36. The molecule has 116 valence electrons. The number of β-amino-alcohol motifs (C(OH)–C–C–N with tert-alkyl or cyclic N) is 1. The van der Waals surface area contributed by atoms with Crippen molar-refractivity contribution in [3.05, 3.63) is 35.4 Å². The smallest absolute Gasteiger partial charge is 0.170 e. The van der Waals surface area contributed by atoms with Crippen LogP contribution in [-0.2, 0) is 6.54 Å². The van der Waals surface area contributed by atoms with Crippen LogP contribution >= 0.6 is 0 Å². The van der Waals surface area contributed by atoms with Crippen LogP contribution in [0.5, 0.6) is 0 Å². The topological polar surface area (TPSA) is 85.3 Å². The fourth-order valence-electron chi connectivity index (χ4n) is 2.75. The summed E-state index contributed by atoms with van der Waals surface area (Å²) in [6.45, 7) is 5.72. The number of amidine groups is 1. The second-order valence-corrected chi connectivity index (χ2v) is 5.34. The van der Waals surface area contributed by atoms with Gasteiger partial charge in [0.2, 0.25) is 0 Å².